The van der Waals surface area contributed by atoms with E-state index in [1.54, 1.807) is 44.4 Å². The summed E-state index contributed by atoms with van der Waals surface area (Å²) in [6.07, 6.45) is 0.984. The Morgan fingerprint density at radius 2 is 1.70 bits per heavy atom. The Morgan fingerprint density at radius 1 is 1.07 bits per heavy atom. The van der Waals surface area contributed by atoms with Crippen molar-refractivity contribution >= 4 is 21.6 Å². The largest absolute Gasteiger partial charge is 0.495 e. The van der Waals surface area contributed by atoms with E-state index in [4.69, 9.17) is 4.74 Å². The number of hydrogen-bond donors (Lipinski definition) is 1. The Balaban J connectivity index is 1.65. The molecule has 1 aliphatic rings. The van der Waals surface area contributed by atoms with Gasteiger partial charge in [0, 0.05) is 19.0 Å². The molecule has 0 aliphatic carbocycles. The Morgan fingerprint density at radius 3 is 2.37 bits per heavy atom. The van der Waals surface area contributed by atoms with Crippen molar-refractivity contribution in [2.75, 3.05) is 25.5 Å². The Labute approximate surface area is 160 Å². The standard InChI is InChI=1S/C20H24N2O4S/c1-15-7-3-6-10-19(15)27(24,25)22-13-11-16(12-14-22)20(23)21-17-8-4-5-9-18(17)26-2/h3-10,16H,11-14H2,1-2H3,(H,21,23). The zero-order valence-electron chi connectivity index (χ0n) is 15.5. The third kappa shape index (κ3) is 4.14. The van der Waals surface area contributed by atoms with Crippen LogP contribution in [0.25, 0.3) is 0 Å². The minimum atomic E-state index is -3.53. The molecule has 7 heteroatoms. The third-order valence-corrected chi connectivity index (χ3v) is 6.96. The van der Waals surface area contributed by atoms with Gasteiger partial charge in [0.05, 0.1) is 17.7 Å². The molecule has 0 radical (unpaired) electrons. The minimum Gasteiger partial charge on any atom is -0.495 e. The number of nitrogens with one attached hydrogen (secondary N) is 1. The fourth-order valence-corrected chi connectivity index (χ4v) is 5.02. The number of amides is 1. The summed E-state index contributed by atoms with van der Waals surface area (Å²) in [6, 6.07) is 14.2. The summed E-state index contributed by atoms with van der Waals surface area (Å²) in [7, 11) is -1.97. The SMILES string of the molecule is COc1ccccc1NC(=O)C1CCN(S(=O)(=O)c2ccccc2C)CC1. The molecule has 1 aliphatic heterocycles. The van der Waals surface area contributed by atoms with Gasteiger partial charge < -0.3 is 10.1 Å². The highest BCUT2D eigenvalue weighted by Gasteiger charge is 2.32. The Hall–Kier alpha value is -2.38. The number of anilines is 1. The lowest BCUT2D eigenvalue weighted by molar-refractivity contribution is -0.120. The van der Waals surface area contributed by atoms with Crippen molar-refractivity contribution in [1.82, 2.24) is 4.31 Å². The number of benzene rings is 2. The predicted molar refractivity (Wildman–Crippen MR) is 104 cm³/mol. The van der Waals surface area contributed by atoms with Gasteiger partial charge in [-0.05, 0) is 43.5 Å². The van der Waals surface area contributed by atoms with Crippen LogP contribution in [0, 0.1) is 12.8 Å². The first kappa shape index (κ1) is 19.4. The highest BCUT2D eigenvalue weighted by atomic mass is 32.2. The second-order valence-corrected chi connectivity index (χ2v) is 8.54. The highest BCUT2D eigenvalue weighted by molar-refractivity contribution is 7.89. The molecule has 0 saturated carbocycles. The highest BCUT2D eigenvalue weighted by Crippen LogP contribution is 2.28. The summed E-state index contributed by atoms with van der Waals surface area (Å²) < 4.78 is 32.5. The van der Waals surface area contributed by atoms with E-state index < -0.39 is 10.0 Å². The lowest BCUT2D eigenvalue weighted by atomic mass is 9.97. The van der Waals surface area contributed by atoms with Crippen molar-refractivity contribution in [3.05, 3.63) is 54.1 Å². The minimum absolute atomic E-state index is 0.104. The summed E-state index contributed by atoms with van der Waals surface area (Å²) >= 11 is 0. The number of ether oxygens (including phenoxy) is 1. The molecular formula is C20H24N2O4S. The van der Waals surface area contributed by atoms with E-state index in [1.807, 2.05) is 18.2 Å². The number of carbonyl (C=O) groups is 1. The summed E-state index contributed by atoms with van der Waals surface area (Å²) in [5, 5.41) is 2.89. The molecule has 1 saturated heterocycles. The smallest absolute Gasteiger partial charge is 0.243 e. The Kier molecular flexibility index (Phi) is 5.82. The van der Waals surface area contributed by atoms with Gasteiger partial charge in [-0.25, -0.2) is 8.42 Å². The summed E-state index contributed by atoms with van der Waals surface area (Å²) in [5.41, 5.74) is 1.36. The van der Waals surface area contributed by atoms with E-state index >= 15 is 0 Å². The van der Waals surface area contributed by atoms with E-state index in [1.165, 1.54) is 4.31 Å². The second kappa shape index (κ2) is 8.10. The van der Waals surface area contributed by atoms with Crippen molar-refractivity contribution in [2.45, 2.75) is 24.7 Å². The fourth-order valence-electron chi connectivity index (χ4n) is 3.33. The first-order valence-corrected chi connectivity index (χ1v) is 10.4. The molecule has 1 N–H and O–H groups in total. The number of rotatable bonds is 5. The van der Waals surface area contributed by atoms with E-state index in [0.29, 0.717) is 42.3 Å². The molecule has 2 aromatic carbocycles. The first-order valence-electron chi connectivity index (χ1n) is 8.93. The fraction of sp³-hybridized carbons (Fsp3) is 0.350. The molecule has 1 heterocycles. The average Bonchev–Trinajstić information content (AvgIpc) is 2.68. The van der Waals surface area contributed by atoms with Crippen molar-refractivity contribution in [3.63, 3.8) is 0 Å². The van der Waals surface area contributed by atoms with Crippen molar-refractivity contribution in [3.8, 4) is 5.75 Å². The summed E-state index contributed by atoms with van der Waals surface area (Å²) in [4.78, 5) is 12.9. The van der Waals surface area contributed by atoms with Crippen LogP contribution in [0.5, 0.6) is 5.75 Å². The number of hydrogen-bond acceptors (Lipinski definition) is 4. The van der Waals surface area contributed by atoms with Crippen LogP contribution in [-0.4, -0.2) is 38.8 Å². The maximum Gasteiger partial charge on any atom is 0.243 e. The van der Waals surface area contributed by atoms with Crippen LogP contribution in [0.3, 0.4) is 0 Å². The van der Waals surface area contributed by atoms with E-state index in [0.717, 1.165) is 5.56 Å². The molecule has 27 heavy (non-hydrogen) atoms. The molecular weight excluding hydrogens is 364 g/mol. The normalized spacial score (nSPS) is 16.1. The van der Waals surface area contributed by atoms with Gasteiger partial charge in [-0.2, -0.15) is 4.31 Å². The molecule has 1 fully saturated rings. The van der Waals surface area contributed by atoms with Crippen LogP contribution in [0.1, 0.15) is 18.4 Å². The lowest BCUT2D eigenvalue weighted by Crippen LogP contribution is -2.41. The summed E-state index contributed by atoms with van der Waals surface area (Å²) in [6.45, 7) is 2.46. The number of piperidine rings is 1. The zero-order chi connectivity index (χ0) is 19.4. The summed E-state index contributed by atoms with van der Waals surface area (Å²) in [5.74, 6) is 0.274. The topological polar surface area (TPSA) is 75.7 Å². The van der Waals surface area contributed by atoms with E-state index in [9.17, 15) is 13.2 Å². The predicted octanol–water partition coefficient (Wildman–Crippen LogP) is 3.04. The number of para-hydroxylation sites is 2. The van der Waals surface area contributed by atoms with Gasteiger partial charge in [0.2, 0.25) is 15.9 Å². The van der Waals surface area contributed by atoms with Crippen LogP contribution in [0.4, 0.5) is 5.69 Å². The number of aryl methyl sites for hydroxylation is 1. The first-order chi connectivity index (χ1) is 12.9. The maximum atomic E-state index is 12.9. The Bertz CT molecular complexity index is 919. The van der Waals surface area contributed by atoms with Crippen LogP contribution in [0.2, 0.25) is 0 Å². The average molecular weight is 388 g/mol. The molecule has 2 aromatic rings. The molecule has 1 amide bonds. The quantitative estimate of drug-likeness (QED) is 0.854. The van der Waals surface area contributed by atoms with Gasteiger partial charge >= 0.3 is 0 Å². The number of nitrogens with zero attached hydrogens (tertiary/aromatic N) is 1. The second-order valence-electron chi connectivity index (χ2n) is 6.63. The lowest BCUT2D eigenvalue weighted by Gasteiger charge is -2.31. The molecule has 0 aromatic heterocycles. The van der Waals surface area contributed by atoms with Crippen molar-refractivity contribution in [1.29, 1.82) is 0 Å². The number of sulfonamides is 1. The van der Waals surface area contributed by atoms with Crippen LogP contribution < -0.4 is 10.1 Å². The van der Waals surface area contributed by atoms with Crippen LogP contribution in [0.15, 0.2) is 53.4 Å². The molecule has 0 unspecified atom stereocenters. The molecule has 0 spiro atoms. The van der Waals surface area contributed by atoms with Crippen molar-refractivity contribution < 1.29 is 17.9 Å². The van der Waals surface area contributed by atoms with Gasteiger partial charge in [-0.15, -0.1) is 0 Å². The molecule has 0 bridgehead atoms. The van der Waals surface area contributed by atoms with Crippen molar-refractivity contribution in [2.24, 2.45) is 5.92 Å². The van der Waals surface area contributed by atoms with E-state index in [-0.39, 0.29) is 11.8 Å². The van der Waals surface area contributed by atoms with E-state index in [2.05, 4.69) is 5.32 Å². The monoisotopic (exact) mass is 388 g/mol. The third-order valence-electron chi connectivity index (χ3n) is 4.90. The van der Waals surface area contributed by atoms with Gasteiger partial charge in [-0.3, -0.25) is 4.79 Å². The molecule has 0 atom stereocenters. The molecule has 144 valence electrons. The number of methoxy groups -OCH3 is 1. The number of carbonyl (C=O) groups excluding carboxylic acids is 1. The maximum absolute atomic E-state index is 12.9. The van der Waals surface area contributed by atoms with Gasteiger partial charge in [-0.1, -0.05) is 30.3 Å². The molecule has 3 rings (SSSR count). The van der Waals surface area contributed by atoms with Gasteiger partial charge in [0.1, 0.15) is 5.75 Å². The zero-order valence-corrected chi connectivity index (χ0v) is 16.3. The van der Waals surface area contributed by atoms with Gasteiger partial charge in [0.25, 0.3) is 0 Å². The van der Waals surface area contributed by atoms with Gasteiger partial charge in [0.15, 0.2) is 0 Å². The van der Waals surface area contributed by atoms with Crippen LogP contribution >= 0.6 is 0 Å². The molecule has 6 nitrogen and oxygen atoms in total. The van der Waals surface area contributed by atoms with Crippen LogP contribution in [-0.2, 0) is 14.8 Å².